The summed E-state index contributed by atoms with van der Waals surface area (Å²) in [5, 5.41) is 8.15. The first-order valence-electron chi connectivity index (χ1n) is 11.5. The quantitative estimate of drug-likeness (QED) is 0.369. The zero-order valence-corrected chi connectivity index (χ0v) is 19.1. The molecule has 3 aromatic rings. The zero-order valence-electron chi connectivity index (χ0n) is 19.1. The summed E-state index contributed by atoms with van der Waals surface area (Å²) in [7, 11) is 1.81. The molecule has 4 rings (SSSR count). The maximum atomic E-state index is 6.06. The minimum absolute atomic E-state index is 0.314. The van der Waals surface area contributed by atoms with Crippen LogP contribution in [0.3, 0.4) is 0 Å². The van der Waals surface area contributed by atoms with Crippen LogP contribution in [0.4, 0.5) is 0 Å². The van der Waals surface area contributed by atoms with E-state index < -0.39 is 0 Å². The second kappa shape index (κ2) is 11.2. The predicted molar refractivity (Wildman–Crippen MR) is 130 cm³/mol. The fourth-order valence-electron chi connectivity index (χ4n) is 4.18. The molecule has 0 saturated carbocycles. The first-order valence-corrected chi connectivity index (χ1v) is 11.5. The Bertz CT molecular complexity index is 1040. The number of guanidine groups is 1. The normalized spacial score (nSPS) is 15.2. The number of aliphatic imine (C=N–C) groups is 1. The summed E-state index contributed by atoms with van der Waals surface area (Å²) in [4.78, 5) is 7.77. The van der Waals surface area contributed by atoms with E-state index in [2.05, 4.69) is 76.2 Å². The molecule has 1 aliphatic heterocycles. The summed E-state index contributed by atoms with van der Waals surface area (Å²) in [5.41, 5.74) is 6.25. The van der Waals surface area contributed by atoms with Gasteiger partial charge in [-0.25, -0.2) is 0 Å². The summed E-state index contributed by atoms with van der Waals surface area (Å²) < 4.78 is 11.5. The van der Waals surface area contributed by atoms with Gasteiger partial charge in [0.2, 0.25) is 0 Å². The van der Waals surface area contributed by atoms with E-state index in [1.54, 1.807) is 0 Å². The van der Waals surface area contributed by atoms with E-state index in [0.717, 1.165) is 51.5 Å². The third-order valence-corrected chi connectivity index (χ3v) is 6.03. The maximum Gasteiger partial charge on any atom is 0.191 e. The zero-order chi connectivity index (χ0) is 22.2. The number of hydrogen-bond donors (Lipinski definition) is 3. The number of hydrogen-bond acceptors (Lipinski definition) is 3. The first kappa shape index (κ1) is 22.4. The van der Waals surface area contributed by atoms with Crippen molar-refractivity contribution in [2.24, 2.45) is 4.99 Å². The molecular weight excluding hydrogens is 400 g/mol. The highest BCUT2D eigenvalue weighted by Gasteiger charge is 2.14. The molecule has 6 nitrogen and oxygen atoms in total. The average molecular weight is 435 g/mol. The molecule has 1 fully saturated rings. The van der Waals surface area contributed by atoms with Crippen LogP contribution in [0.2, 0.25) is 0 Å². The number of aromatic amines is 1. The van der Waals surface area contributed by atoms with Crippen LogP contribution in [0.15, 0.2) is 53.7 Å². The van der Waals surface area contributed by atoms with E-state index in [0.29, 0.717) is 12.7 Å². The standard InChI is InChI=1S/C26H34N4O2/c1-19-5-3-8-24-22(17-29-25(19)24)9-12-28-26(27-2)30-16-20-6-4-7-21(15-20)18-32-23-10-13-31-14-11-23/h3-8,15,17,23,29H,9-14,16,18H2,1-2H3,(H2,27,28,30). The third kappa shape index (κ3) is 5.90. The van der Waals surface area contributed by atoms with E-state index in [4.69, 9.17) is 9.47 Å². The molecule has 0 unspecified atom stereocenters. The Balaban J connectivity index is 1.24. The van der Waals surface area contributed by atoms with Gasteiger partial charge in [0.05, 0.1) is 12.7 Å². The Kier molecular flexibility index (Phi) is 7.80. The molecule has 32 heavy (non-hydrogen) atoms. The van der Waals surface area contributed by atoms with Crippen molar-refractivity contribution >= 4 is 16.9 Å². The summed E-state index contributed by atoms with van der Waals surface area (Å²) in [5.74, 6) is 0.810. The number of benzene rings is 2. The van der Waals surface area contributed by atoms with Crippen molar-refractivity contribution < 1.29 is 9.47 Å². The van der Waals surface area contributed by atoms with Crippen LogP contribution in [-0.2, 0) is 29.0 Å². The number of aryl methyl sites for hydroxylation is 1. The highest BCUT2D eigenvalue weighted by atomic mass is 16.5. The van der Waals surface area contributed by atoms with E-state index in [1.165, 1.54) is 33.2 Å². The van der Waals surface area contributed by atoms with Crippen molar-refractivity contribution in [3.8, 4) is 0 Å². The van der Waals surface area contributed by atoms with Gasteiger partial charge in [-0.2, -0.15) is 0 Å². The second-order valence-electron chi connectivity index (χ2n) is 8.36. The van der Waals surface area contributed by atoms with Crippen LogP contribution in [0.5, 0.6) is 0 Å². The van der Waals surface area contributed by atoms with Gasteiger partial charge in [0.25, 0.3) is 0 Å². The highest BCUT2D eigenvalue weighted by molar-refractivity contribution is 5.86. The van der Waals surface area contributed by atoms with E-state index in [1.807, 2.05) is 7.05 Å². The van der Waals surface area contributed by atoms with E-state index in [-0.39, 0.29) is 0 Å². The number of H-pyrrole nitrogens is 1. The lowest BCUT2D eigenvalue weighted by atomic mass is 10.1. The monoisotopic (exact) mass is 434 g/mol. The van der Waals surface area contributed by atoms with E-state index >= 15 is 0 Å². The highest BCUT2D eigenvalue weighted by Crippen LogP contribution is 2.21. The molecular formula is C26H34N4O2. The largest absolute Gasteiger partial charge is 0.381 e. The molecule has 0 aliphatic carbocycles. The Labute approximate surface area is 190 Å². The molecule has 3 N–H and O–H groups in total. The summed E-state index contributed by atoms with van der Waals surface area (Å²) in [6.45, 7) is 5.94. The summed E-state index contributed by atoms with van der Waals surface area (Å²) in [6, 6.07) is 15.0. The minimum Gasteiger partial charge on any atom is -0.381 e. The van der Waals surface area contributed by atoms with Crippen LogP contribution in [0.1, 0.15) is 35.1 Å². The van der Waals surface area contributed by atoms with Crippen molar-refractivity contribution in [1.29, 1.82) is 0 Å². The van der Waals surface area contributed by atoms with Gasteiger partial charge in [0.1, 0.15) is 0 Å². The first-order chi connectivity index (χ1) is 15.7. The molecule has 1 saturated heterocycles. The molecule has 170 valence electrons. The molecule has 0 spiro atoms. The van der Waals surface area contributed by atoms with Crippen molar-refractivity contribution in [2.45, 2.75) is 45.4 Å². The molecule has 0 radical (unpaired) electrons. The lowest BCUT2D eigenvalue weighted by molar-refractivity contribution is -0.0390. The summed E-state index contributed by atoms with van der Waals surface area (Å²) >= 11 is 0. The average Bonchev–Trinajstić information content (AvgIpc) is 3.25. The van der Waals surface area contributed by atoms with Crippen molar-refractivity contribution in [3.05, 3.63) is 70.9 Å². The fraction of sp³-hybridized carbons (Fsp3) is 0.423. The predicted octanol–water partition coefficient (Wildman–Crippen LogP) is 4.08. The van der Waals surface area contributed by atoms with Crippen LogP contribution >= 0.6 is 0 Å². The Hall–Kier alpha value is -2.83. The van der Waals surface area contributed by atoms with Gasteiger partial charge in [-0.15, -0.1) is 0 Å². The topological polar surface area (TPSA) is 70.7 Å². The van der Waals surface area contributed by atoms with Crippen LogP contribution in [0.25, 0.3) is 10.9 Å². The second-order valence-corrected chi connectivity index (χ2v) is 8.36. The SMILES string of the molecule is CN=C(NCCc1c[nH]c2c(C)cccc12)NCc1cccc(COC2CCOCC2)c1. The van der Waals surface area contributed by atoms with Gasteiger partial charge < -0.3 is 25.1 Å². The van der Waals surface area contributed by atoms with Crippen molar-refractivity contribution in [3.63, 3.8) is 0 Å². The van der Waals surface area contributed by atoms with Gasteiger partial charge >= 0.3 is 0 Å². The van der Waals surface area contributed by atoms with Gasteiger partial charge in [-0.3, -0.25) is 4.99 Å². The van der Waals surface area contributed by atoms with E-state index in [9.17, 15) is 0 Å². The smallest absolute Gasteiger partial charge is 0.191 e. The number of para-hydroxylation sites is 1. The molecule has 2 aromatic carbocycles. The molecule has 2 heterocycles. The summed E-state index contributed by atoms with van der Waals surface area (Å²) in [6.07, 6.45) is 5.34. The molecule has 6 heteroatoms. The Morgan fingerprint density at radius 1 is 1.12 bits per heavy atom. The van der Waals surface area contributed by atoms with Gasteiger partial charge in [0, 0.05) is 50.5 Å². The number of aromatic nitrogens is 1. The Morgan fingerprint density at radius 3 is 2.78 bits per heavy atom. The minimum atomic E-state index is 0.314. The fourth-order valence-corrected chi connectivity index (χ4v) is 4.18. The van der Waals surface area contributed by atoms with Crippen LogP contribution < -0.4 is 10.6 Å². The molecule has 0 amide bonds. The van der Waals surface area contributed by atoms with Crippen molar-refractivity contribution in [2.75, 3.05) is 26.8 Å². The van der Waals surface area contributed by atoms with Gasteiger partial charge in [-0.05, 0) is 48.4 Å². The molecule has 1 aromatic heterocycles. The van der Waals surface area contributed by atoms with Crippen molar-refractivity contribution in [1.82, 2.24) is 15.6 Å². The number of nitrogens with one attached hydrogen (secondary N) is 3. The molecule has 0 bridgehead atoms. The van der Waals surface area contributed by atoms with Crippen LogP contribution in [0, 0.1) is 6.92 Å². The molecule has 0 atom stereocenters. The third-order valence-electron chi connectivity index (χ3n) is 6.03. The lowest BCUT2D eigenvalue weighted by Crippen LogP contribution is -2.37. The lowest BCUT2D eigenvalue weighted by Gasteiger charge is -2.22. The Morgan fingerprint density at radius 2 is 1.94 bits per heavy atom. The maximum absolute atomic E-state index is 6.06. The number of ether oxygens (including phenoxy) is 2. The number of fused-ring (bicyclic) bond motifs is 1. The van der Waals surface area contributed by atoms with Crippen LogP contribution in [-0.4, -0.2) is 43.9 Å². The van der Waals surface area contributed by atoms with Gasteiger partial charge in [-0.1, -0.05) is 42.5 Å². The number of rotatable bonds is 8. The van der Waals surface area contributed by atoms with Gasteiger partial charge in [0.15, 0.2) is 5.96 Å². The number of nitrogens with zero attached hydrogens (tertiary/aromatic N) is 1. The molecule has 1 aliphatic rings.